The highest BCUT2D eigenvalue weighted by atomic mass is 32.2. The first-order valence-corrected chi connectivity index (χ1v) is 5.85. The smallest absolute Gasteiger partial charge is 0.206 e. The van der Waals surface area contributed by atoms with Crippen molar-refractivity contribution in [1.29, 1.82) is 5.26 Å². The van der Waals surface area contributed by atoms with Crippen LogP contribution in [-0.4, -0.2) is 22.5 Å². The van der Waals surface area contributed by atoms with Crippen LogP contribution in [0, 0.1) is 11.3 Å². The number of hydrogen-bond donors (Lipinski definition) is 1. The van der Waals surface area contributed by atoms with E-state index in [1.165, 1.54) is 11.3 Å². The third-order valence-corrected chi connectivity index (χ3v) is 3.26. The summed E-state index contributed by atoms with van der Waals surface area (Å²) in [4.78, 5) is 0. The minimum Gasteiger partial charge on any atom is -0.357 e. The summed E-state index contributed by atoms with van der Waals surface area (Å²) in [5.74, 6) is 0.770. The quantitative estimate of drug-likeness (QED) is 0.457. The first-order chi connectivity index (χ1) is 6.86. The second kappa shape index (κ2) is 6.40. The van der Waals surface area contributed by atoms with Crippen LogP contribution in [0.25, 0.3) is 0 Å². The molecule has 0 spiro atoms. The Kier molecular flexibility index (Phi) is 5.04. The summed E-state index contributed by atoms with van der Waals surface area (Å²) >= 11 is 3.05. The zero-order chi connectivity index (χ0) is 10.2. The van der Waals surface area contributed by atoms with Crippen LogP contribution >= 0.6 is 23.1 Å². The lowest BCUT2D eigenvalue weighted by atomic mass is 10.6. The Morgan fingerprint density at radius 1 is 1.64 bits per heavy atom. The lowest BCUT2D eigenvalue weighted by Gasteiger charge is -1.92. The van der Waals surface area contributed by atoms with Crippen LogP contribution in [0.15, 0.2) is 17.0 Å². The van der Waals surface area contributed by atoms with Crippen molar-refractivity contribution in [3.05, 3.63) is 12.7 Å². The van der Waals surface area contributed by atoms with Crippen molar-refractivity contribution < 1.29 is 0 Å². The van der Waals surface area contributed by atoms with Crippen LogP contribution in [-0.2, 0) is 0 Å². The van der Waals surface area contributed by atoms with Crippen molar-refractivity contribution in [2.24, 2.45) is 0 Å². The zero-order valence-corrected chi connectivity index (χ0v) is 9.20. The topological polar surface area (TPSA) is 61.6 Å². The predicted octanol–water partition coefficient (Wildman–Crippen LogP) is 2.14. The summed E-state index contributed by atoms with van der Waals surface area (Å²) in [5.41, 5.74) is 0. The zero-order valence-electron chi connectivity index (χ0n) is 7.56. The Bertz CT molecular complexity index is 328. The molecule has 0 amide bonds. The molecule has 0 bridgehead atoms. The van der Waals surface area contributed by atoms with Crippen LogP contribution < -0.4 is 5.32 Å². The van der Waals surface area contributed by atoms with E-state index >= 15 is 0 Å². The van der Waals surface area contributed by atoms with Gasteiger partial charge in [0.2, 0.25) is 5.13 Å². The van der Waals surface area contributed by atoms with Crippen LogP contribution in [0.3, 0.4) is 0 Å². The average Bonchev–Trinajstić information content (AvgIpc) is 2.63. The highest BCUT2D eigenvalue weighted by Gasteiger charge is 2.02. The van der Waals surface area contributed by atoms with E-state index in [-0.39, 0.29) is 0 Å². The van der Waals surface area contributed by atoms with E-state index < -0.39 is 0 Å². The van der Waals surface area contributed by atoms with Gasteiger partial charge in [-0.25, -0.2) is 0 Å². The van der Waals surface area contributed by atoms with Gasteiger partial charge >= 0.3 is 0 Å². The van der Waals surface area contributed by atoms with Crippen molar-refractivity contribution in [3.8, 4) is 6.07 Å². The number of rotatable bonds is 6. The van der Waals surface area contributed by atoms with Gasteiger partial charge in [0.1, 0.15) is 0 Å². The molecule has 4 nitrogen and oxygen atoms in total. The van der Waals surface area contributed by atoms with Crippen LogP contribution in [0.1, 0.15) is 6.42 Å². The van der Waals surface area contributed by atoms with Gasteiger partial charge in [-0.3, -0.25) is 0 Å². The van der Waals surface area contributed by atoms with Gasteiger partial charge in [-0.1, -0.05) is 29.2 Å². The van der Waals surface area contributed by atoms with E-state index in [1.807, 2.05) is 0 Å². The fourth-order valence-electron chi connectivity index (χ4n) is 0.683. The molecule has 0 saturated carbocycles. The van der Waals surface area contributed by atoms with Crippen LogP contribution in [0.2, 0.25) is 0 Å². The maximum absolute atomic E-state index is 8.35. The van der Waals surface area contributed by atoms with Crippen molar-refractivity contribution in [2.45, 2.75) is 10.8 Å². The summed E-state index contributed by atoms with van der Waals surface area (Å²) in [7, 11) is 0. The molecule has 0 aromatic carbocycles. The third-order valence-electron chi connectivity index (χ3n) is 1.24. The summed E-state index contributed by atoms with van der Waals surface area (Å²) in [6.45, 7) is 4.29. The first-order valence-electron chi connectivity index (χ1n) is 4.05. The summed E-state index contributed by atoms with van der Waals surface area (Å²) in [5, 5.41) is 20.1. The number of hydrogen-bond acceptors (Lipinski definition) is 6. The number of nitrogens with one attached hydrogen (secondary N) is 1. The van der Waals surface area contributed by atoms with Gasteiger partial charge in [0.05, 0.1) is 6.07 Å². The van der Waals surface area contributed by atoms with Crippen molar-refractivity contribution >= 4 is 28.2 Å². The van der Waals surface area contributed by atoms with E-state index in [9.17, 15) is 0 Å². The predicted molar refractivity (Wildman–Crippen MR) is 59.5 cm³/mol. The number of nitrogens with zero attached hydrogens (tertiary/aromatic N) is 3. The number of thioether (sulfide) groups is 1. The molecular formula is C8H10N4S2. The second-order valence-corrected chi connectivity index (χ2v) is 4.62. The molecule has 6 heteroatoms. The van der Waals surface area contributed by atoms with E-state index in [1.54, 1.807) is 17.8 Å². The normalized spacial score (nSPS) is 9.36. The molecule has 0 aliphatic carbocycles. The number of aromatic nitrogens is 2. The molecule has 0 aliphatic heterocycles. The van der Waals surface area contributed by atoms with Gasteiger partial charge < -0.3 is 5.32 Å². The molecule has 0 radical (unpaired) electrons. The highest BCUT2D eigenvalue weighted by Crippen LogP contribution is 2.25. The Morgan fingerprint density at radius 2 is 2.50 bits per heavy atom. The second-order valence-electron chi connectivity index (χ2n) is 2.30. The molecule has 1 aromatic rings. The number of nitriles is 1. The summed E-state index contributed by atoms with van der Waals surface area (Å²) in [6.07, 6.45) is 2.31. The number of anilines is 1. The van der Waals surface area contributed by atoms with Crippen molar-refractivity contribution in [3.63, 3.8) is 0 Å². The molecule has 74 valence electrons. The lowest BCUT2D eigenvalue weighted by molar-refractivity contribution is 1.01. The van der Waals surface area contributed by atoms with Crippen LogP contribution in [0.4, 0.5) is 5.13 Å². The fourth-order valence-corrected chi connectivity index (χ4v) is 2.36. The molecule has 1 N–H and O–H groups in total. The van der Waals surface area contributed by atoms with Gasteiger partial charge in [0, 0.05) is 18.7 Å². The molecule has 1 rings (SSSR count). The molecule has 1 heterocycles. The Hall–Kier alpha value is -1.06. The molecule has 0 saturated heterocycles. The highest BCUT2D eigenvalue weighted by molar-refractivity contribution is 8.01. The van der Waals surface area contributed by atoms with Gasteiger partial charge in [0.25, 0.3) is 0 Å². The summed E-state index contributed by atoms with van der Waals surface area (Å²) < 4.78 is 0.895. The van der Waals surface area contributed by atoms with E-state index in [0.717, 1.165) is 15.2 Å². The molecular weight excluding hydrogens is 216 g/mol. The van der Waals surface area contributed by atoms with Crippen molar-refractivity contribution in [1.82, 2.24) is 10.2 Å². The van der Waals surface area contributed by atoms with Gasteiger partial charge in [-0.15, -0.1) is 16.8 Å². The SMILES string of the molecule is C=CCNc1nnc(SCCC#N)s1. The molecule has 0 unspecified atom stereocenters. The fraction of sp³-hybridized carbons (Fsp3) is 0.375. The average molecular weight is 226 g/mol. The van der Waals surface area contributed by atoms with E-state index in [2.05, 4.69) is 28.2 Å². The van der Waals surface area contributed by atoms with Crippen molar-refractivity contribution in [2.75, 3.05) is 17.6 Å². The third kappa shape index (κ3) is 3.77. The molecule has 0 fully saturated rings. The van der Waals surface area contributed by atoms with Gasteiger partial charge in [-0.2, -0.15) is 5.26 Å². The Balaban J connectivity index is 2.35. The minimum atomic E-state index is 0.541. The summed E-state index contributed by atoms with van der Waals surface area (Å²) in [6, 6.07) is 2.09. The standard InChI is InChI=1S/C8H10N4S2/c1-2-5-10-7-11-12-8(14-7)13-6-3-4-9/h2H,1,3,5-6H2,(H,10,11). The van der Waals surface area contributed by atoms with Crippen LogP contribution in [0.5, 0.6) is 0 Å². The largest absolute Gasteiger partial charge is 0.357 e. The van der Waals surface area contributed by atoms with Gasteiger partial charge in [0.15, 0.2) is 4.34 Å². The van der Waals surface area contributed by atoms with Gasteiger partial charge in [-0.05, 0) is 0 Å². The van der Waals surface area contributed by atoms with E-state index in [0.29, 0.717) is 13.0 Å². The minimum absolute atomic E-state index is 0.541. The van der Waals surface area contributed by atoms with E-state index in [4.69, 9.17) is 5.26 Å². The Morgan fingerprint density at radius 3 is 3.21 bits per heavy atom. The molecule has 1 aromatic heterocycles. The maximum Gasteiger partial charge on any atom is 0.206 e. The first kappa shape index (κ1) is 11.0. The molecule has 0 atom stereocenters. The monoisotopic (exact) mass is 226 g/mol. The lowest BCUT2D eigenvalue weighted by Crippen LogP contribution is -1.96. The molecule has 0 aliphatic rings. The maximum atomic E-state index is 8.35. The molecule has 14 heavy (non-hydrogen) atoms. The Labute approximate surface area is 91.0 Å².